The van der Waals surface area contributed by atoms with E-state index in [4.69, 9.17) is 0 Å². The van der Waals surface area contributed by atoms with Crippen LogP contribution in [-0.4, -0.2) is 64.6 Å². The first-order valence-corrected chi connectivity index (χ1v) is 5.99. The zero-order chi connectivity index (χ0) is 16.2. The first kappa shape index (κ1) is 16.3. The van der Waals surface area contributed by atoms with Gasteiger partial charge in [0.1, 0.15) is 6.67 Å². The Morgan fingerprint density at radius 2 is 1.81 bits per heavy atom. The van der Waals surface area contributed by atoms with Gasteiger partial charge in [0, 0.05) is 40.5 Å². The number of nitrogens with one attached hydrogen (secondary N) is 2. The number of aromatic nitrogens is 2. The monoisotopic (exact) mass is 298 g/mol. The van der Waals surface area contributed by atoms with Gasteiger partial charge in [-0.15, -0.1) is 0 Å². The Labute approximate surface area is 120 Å². The van der Waals surface area contributed by atoms with E-state index in [2.05, 4.69) is 10.4 Å². The molecule has 0 spiro atoms. The third-order valence-corrected chi connectivity index (χ3v) is 2.44. The van der Waals surface area contributed by atoms with Crippen LogP contribution in [0.2, 0.25) is 0 Å². The molecule has 2 N–H and O–H groups in total. The molecule has 1 aromatic heterocycles. The van der Waals surface area contributed by atoms with Crippen molar-refractivity contribution >= 4 is 12.1 Å². The summed E-state index contributed by atoms with van der Waals surface area (Å²) in [4.78, 5) is 50.9. The molecule has 0 unspecified atom stereocenters. The highest BCUT2D eigenvalue weighted by Gasteiger charge is 2.19. The first-order valence-electron chi connectivity index (χ1n) is 5.99. The summed E-state index contributed by atoms with van der Waals surface area (Å²) in [7, 11) is 6.04. The van der Waals surface area contributed by atoms with Gasteiger partial charge in [0.2, 0.25) is 0 Å². The average Bonchev–Trinajstić information content (AvgIpc) is 2.39. The van der Waals surface area contributed by atoms with Gasteiger partial charge in [-0.3, -0.25) is 14.3 Å². The zero-order valence-corrected chi connectivity index (χ0v) is 12.3. The maximum absolute atomic E-state index is 12.0. The van der Waals surface area contributed by atoms with Crippen molar-refractivity contribution in [2.24, 2.45) is 0 Å². The molecule has 0 saturated heterocycles. The molecule has 0 aliphatic carbocycles. The first-order chi connectivity index (χ1) is 9.72. The summed E-state index contributed by atoms with van der Waals surface area (Å²) in [5.74, 6) is 0. The van der Waals surface area contributed by atoms with Gasteiger partial charge in [-0.1, -0.05) is 0 Å². The lowest BCUT2D eigenvalue weighted by atomic mass is 10.6. The van der Waals surface area contributed by atoms with Crippen LogP contribution in [0.15, 0.2) is 21.9 Å². The molecule has 0 saturated carbocycles. The summed E-state index contributed by atoms with van der Waals surface area (Å²) in [6, 6.07) is 0.0963. The van der Waals surface area contributed by atoms with E-state index in [1.807, 2.05) is 0 Å². The summed E-state index contributed by atoms with van der Waals surface area (Å²) in [5.41, 5.74) is 1.14. The van der Waals surface area contributed by atoms with Crippen LogP contribution in [0.4, 0.5) is 9.59 Å². The van der Waals surface area contributed by atoms with Crippen LogP contribution in [0.5, 0.6) is 0 Å². The fourth-order valence-electron chi connectivity index (χ4n) is 1.31. The summed E-state index contributed by atoms with van der Waals surface area (Å²) >= 11 is 0. The van der Waals surface area contributed by atoms with Crippen LogP contribution in [0.25, 0.3) is 0 Å². The molecule has 0 atom stereocenters. The molecule has 1 heterocycles. The summed E-state index contributed by atoms with van der Waals surface area (Å²) in [5, 5.41) is 0.960. The Bertz CT molecular complexity index is 632. The normalized spacial score (nSPS) is 9.90. The highest BCUT2D eigenvalue weighted by Crippen LogP contribution is 1.95. The van der Waals surface area contributed by atoms with E-state index >= 15 is 0 Å². The minimum Gasteiger partial charge on any atom is -0.330 e. The van der Waals surface area contributed by atoms with Gasteiger partial charge in [0.25, 0.3) is 5.56 Å². The third-order valence-electron chi connectivity index (χ3n) is 2.44. The molecule has 4 amide bonds. The van der Waals surface area contributed by atoms with Crippen LogP contribution >= 0.6 is 0 Å². The molecule has 116 valence electrons. The van der Waals surface area contributed by atoms with Crippen LogP contribution in [0.1, 0.15) is 0 Å². The Hall–Kier alpha value is -2.78. The Balaban J connectivity index is 3.01. The lowest BCUT2D eigenvalue weighted by Gasteiger charge is -2.27. The van der Waals surface area contributed by atoms with Crippen molar-refractivity contribution in [2.45, 2.75) is 6.67 Å². The molecular weight excluding hydrogens is 280 g/mol. The summed E-state index contributed by atoms with van der Waals surface area (Å²) < 4.78 is 1.08. The predicted molar refractivity (Wildman–Crippen MR) is 74.5 cm³/mol. The van der Waals surface area contributed by atoms with E-state index in [0.29, 0.717) is 0 Å². The highest BCUT2D eigenvalue weighted by molar-refractivity contribution is 5.79. The van der Waals surface area contributed by atoms with Crippen molar-refractivity contribution < 1.29 is 9.59 Å². The molecule has 21 heavy (non-hydrogen) atoms. The van der Waals surface area contributed by atoms with Crippen molar-refractivity contribution in [1.29, 1.82) is 0 Å². The minimum absolute atomic E-state index is 0.244. The fraction of sp³-hybridized carbons (Fsp3) is 0.455. The van der Waals surface area contributed by atoms with Gasteiger partial charge in [0.15, 0.2) is 0 Å². The van der Waals surface area contributed by atoms with Crippen LogP contribution in [0.3, 0.4) is 0 Å². The molecule has 0 radical (unpaired) electrons. The number of aromatic amines is 1. The fourth-order valence-corrected chi connectivity index (χ4v) is 1.31. The predicted octanol–water partition coefficient (Wildman–Crippen LogP) is -1.34. The number of carbonyl (C=O) groups is 2. The van der Waals surface area contributed by atoms with Gasteiger partial charge >= 0.3 is 17.8 Å². The summed E-state index contributed by atoms with van der Waals surface area (Å²) in [6.45, 7) is -0.244. The SMILES string of the molecule is CN(C)C(=O)NN(Cn1ccc(=O)[nH]c1=O)C(=O)N(C)C. The lowest BCUT2D eigenvalue weighted by molar-refractivity contribution is 0.119. The second-order valence-corrected chi connectivity index (χ2v) is 4.64. The molecule has 0 aliphatic heterocycles. The maximum atomic E-state index is 12.0. The Morgan fingerprint density at radius 3 is 2.29 bits per heavy atom. The quantitative estimate of drug-likeness (QED) is 0.658. The van der Waals surface area contributed by atoms with Crippen LogP contribution < -0.4 is 16.7 Å². The number of hydrogen-bond acceptors (Lipinski definition) is 4. The Morgan fingerprint density at radius 1 is 1.19 bits per heavy atom. The van der Waals surface area contributed by atoms with E-state index in [9.17, 15) is 19.2 Å². The number of urea groups is 2. The molecule has 0 bridgehead atoms. The molecule has 0 aliphatic rings. The second-order valence-electron chi connectivity index (χ2n) is 4.64. The van der Waals surface area contributed by atoms with Crippen molar-refractivity contribution in [2.75, 3.05) is 28.2 Å². The Kier molecular flexibility index (Phi) is 5.11. The largest absolute Gasteiger partial charge is 0.339 e. The summed E-state index contributed by atoms with van der Waals surface area (Å²) in [6.07, 6.45) is 1.24. The second kappa shape index (κ2) is 6.59. The molecule has 1 rings (SSSR count). The van der Waals surface area contributed by atoms with Gasteiger partial charge in [0.05, 0.1) is 0 Å². The average molecular weight is 298 g/mol. The van der Waals surface area contributed by atoms with Gasteiger partial charge in [-0.05, 0) is 0 Å². The van der Waals surface area contributed by atoms with Gasteiger partial charge in [-0.25, -0.2) is 24.8 Å². The lowest BCUT2D eigenvalue weighted by Crippen LogP contribution is -2.54. The molecule has 1 aromatic rings. The van der Waals surface area contributed by atoms with Crippen LogP contribution in [-0.2, 0) is 6.67 Å². The molecule has 0 fully saturated rings. The number of carbonyl (C=O) groups excluding carboxylic acids is 2. The van der Waals surface area contributed by atoms with Crippen molar-refractivity contribution in [3.8, 4) is 0 Å². The van der Waals surface area contributed by atoms with E-state index in [1.165, 1.54) is 44.2 Å². The van der Waals surface area contributed by atoms with Gasteiger partial charge < -0.3 is 9.80 Å². The minimum atomic E-state index is -0.682. The number of nitrogens with zero attached hydrogens (tertiary/aromatic N) is 4. The third kappa shape index (κ3) is 4.37. The van der Waals surface area contributed by atoms with E-state index in [-0.39, 0.29) is 6.67 Å². The number of rotatable bonds is 2. The van der Waals surface area contributed by atoms with E-state index in [1.54, 1.807) is 0 Å². The zero-order valence-electron chi connectivity index (χ0n) is 12.3. The van der Waals surface area contributed by atoms with E-state index in [0.717, 1.165) is 15.6 Å². The molecule has 10 heteroatoms. The number of H-pyrrole nitrogens is 1. The van der Waals surface area contributed by atoms with Crippen molar-refractivity contribution in [3.05, 3.63) is 33.1 Å². The smallest absolute Gasteiger partial charge is 0.330 e. The van der Waals surface area contributed by atoms with Crippen LogP contribution in [0, 0.1) is 0 Å². The molecular formula is C11H18N6O4. The highest BCUT2D eigenvalue weighted by atomic mass is 16.2. The van der Waals surface area contributed by atoms with Crippen molar-refractivity contribution in [3.63, 3.8) is 0 Å². The maximum Gasteiger partial charge on any atom is 0.339 e. The van der Waals surface area contributed by atoms with E-state index < -0.39 is 23.3 Å². The number of hydrogen-bond donors (Lipinski definition) is 2. The topological polar surface area (TPSA) is 111 Å². The molecule has 0 aromatic carbocycles. The molecule has 10 nitrogen and oxygen atoms in total. The van der Waals surface area contributed by atoms with Crippen molar-refractivity contribution in [1.82, 2.24) is 29.8 Å². The standard InChI is InChI=1S/C11H18N6O4/c1-14(2)10(20)13-17(11(21)15(3)4)7-16-6-5-8(18)12-9(16)19/h5-6H,7H2,1-4H3,(H,13,20)(H,12,18,19). The van der Waals surface area contributed by atoms with Gasteiger partial charge in [-0.2, -0.15) is 0 Å². The number of amides is 4. The number of hydrazine groups is 1.